The molecule has 1 aliphatic rings. The highest BCUT2D eigenvalue weighted by Crippen LogP contribution is 2.24. The Hall–Kier alpha value is -2.08. The third-order valence-corrected chi connectivity index (χ3v) is 2.65. The number of hydrogen-bond acceptors (Lipinski definition) is 4. The molecule has 0 atom stereocenters. The number of carbonyl (C=O) groups excluding carboxylic acids is 1. The van der Waals surface area contributed by atoms with Crippen LogP contribution in [0, 0.1) is 5.92 Å². The van der Waals surface area contributed by atoms with E-state index in [1.165, 1.54) is 0 Å². The fourth-order valence-electron chi connectivity index (χ4n) is 1.54. The number of hydrogen-bond donors (Lipinski definition) is 3. The summed E-state index contributed by atoms with van der Waals surface area (Å²) in [7, 11) is 0. The van der Waals surface area contributed by atoms with E-state index < -0.39 is 12.6 Å². The molecule has 0 saturated carbocycles. The highest BCUT2D eigenvalue weighted by molar-refractivity contribution is 5.94. The van der Waals surface area contributed by atoms with Crippen molar-refractivity contribution >= 4 is 17.6 Å². The van der Waals surface area contributed by atoms with Crippen molar-refractivity contribution in [1.82, 2.24) is 5.32 Å². The average molecular weight is 250 g/mol. The van der Waals surface area contributed by atoms with Crippen LogP contribution in [0.4, 0.5) is 5.69 Å². The largest absolute Gasteiger partial charge is 0.480 e. The van der Waals surface area contributed by atoms with E-state index in [0.717, 1.165) is 0 Å². The van der Waals surface area contributed by atoms with Crippen LogP contribution in [-0.2, 0) is 9.59 Å². The third-order valence-electron chi connectivity index (χ3n) is 2.65. The molecule has 0 radical (unpaired) electrons. The topological polar surface area (TPSA) is 87.7 Å². The summed E-state index contributed by atoms with van der Waals surface area (Å²) in [6.45, 7) is 0.909. The molecule has 0 bridgehead atoms. The Morgan fingerprint density at radius 1 is 1.39 bits per heavy atom. The molecular weight excluding hydrogens is 236 g/mol. The summed E-state index contributed by atoms with van der Waals surface area (Å²) in [4.78, 5) is 22.2. The predicted octanol–water partition coefficient (Wildman–Crippen LogP) is 0.308. The molecule has 1 saturated heterocycles. The molecule has 6 heteroatoms. The Balaban J connectivity index is 2.01. The molecule has 1 aromatic rings. The number of carbonyl (C=O) groups is 2. The van der Waals surface area contributed by atoms with Crippen LogP contribution >= 0.6 is 0 Å². The number of ether oxygens (including phenoxy) is 1. The summed E-state index contributed by atoms with van der Waals surface area (Å²) in [5.41, 5.74) is 0.496. The lowest BCUT2D eigenvalue weighted by molar-refractivity contribution is -0.139. The lowest BCUT2D eigenvalue weighted by Gasteiger charge is -2.26. The first-order valence-electron chi connectivity index (χ1n) is 5.62. The molecular formula is C12H14N2O4. The highest BCUT2D eigenvalue weighted by Gasteiger charge is 2.25. The second-order valence-corrected chi connectivity index (χ2v) is 4.02. The van der Waals surface area contributed by atoms with E-state index in [1.807, 2.05) is 0 Å². The number of carboxylic acid groups (broad SMARTS) is 1. The van der Waals surface area contributed by atoms with Crippen LogP contribution < -0.4 is 15.4 Å². The van der Waals surface area contributed by atoms with Gasteiger partial charge in [0.25, 0.3) is 0 Å². The van der Waals surface area contributed by atoms with E-state index >= 15 is 0 Å². The maximum Gasteiger partial charge on any atom is 0.341 e. The van der Waals surface area contributed by atoms with E-state index in [4.69, 9.17) is 9.84 Å². The van der Waals surface area contributed by atoms with Gasteiger partial charge in [0, 0.05) is 13.1 Å². The van der Waals surface area contributed by atoms with Crippen molar-refractivity contribution in [2.24, 2.45) is 5.92 Å². The van der Waals surface area contributed by atoms with Crippen molar-refractivity contribution in [1.29, 1.82) is 0 Å². The number of rotatable bonds is 5. The molecule has 0 aliphatic carbocycles. The second-order valence-electron chi connectivity index (χ2n) is 4.02. The zero-order valence-electron chi connectivity index (χ0n) is 9.68. The van der Waals surface area contributed by atoms with Gasteiger partial charge in [-0.2, -0.15) is 0 Å². The minimum atomic E-state index is -1.06. The van der Waals surface area contributed by atoms with Gasteiger partial charge in [0.15, 0.2) is 6.61 Å². The van der Waals surface area contributed by atoms with Gasteiger partial charge in [0.2, 0.25) is 5.91 Å². The number of para-hydroxylation sites is 2. The Labute approximate surface area is 104 Å². The first-order chi connectivity index (χ1) is 8.66. The van der Waals surface area contributed by atoms with Crippen molar-refractivity contribution in [2.45, 2.75) is 0 Å². The Morgan fingerprint density at radius 2 is 2.11 bits per heavy atom. The SMILES string of the molecule is O=C(O)COc1ccccc1NC(=O)C1CNC1. The van der Waals surface area contributed by atoms with Crippen LogP contribution in [0.25, 0.3) is 0 Å². The summed E-state index contributed by atoms with van der Waals surface area (Å²) in [6.07, 6.45) is 0. The van der Waals surface area contributed by atoms with Gasteiger partial charge in [-0.15, -0.1) is 0 Å². The summed E-state index contributed by atoms with van der Waals surface area (Å²) in [5, 5.41) is 14.3. The number of nitrogens with one attached hydrogen (secondary N) is 2. The van der Waals surface area contributed by atoms with E-state index in [2.05, 4.69) is 10.6 Å². The van der Waals surface area contributed by atoms with Gasteiger partial charge in [-0.1, -0.05) is 12.1 Å². The quantitative estimate of drug-likeness (QED) is 0.700. The lowest BCUT2D eigenvalue weighted by atomic mass is 10.0. The zero-order valence-corrected chi connectivity index (χ0v) is 9.68. The smallest absolute Gasteiger partial charge is 0.341 e. The van der Waals surface area contributed by atoms with Crippen LogP contribution in [0.15, 0.2) is 24.3 Å². The average Bonchev–Trinajstić information content (AvgIpc) is 2.25. The van der Waals surface area contributed by atoms with Crippen LogP contribution in [-0.4, -0.2) is 36.7 Å². The van der Waals surface area contributed by atoms with Crippen molar-refractivity contribution < 1.29 is 19.4 Å². The van der Waals surface area contributed by atoms with E-state index in [1.54, 1.807) is 24.3 Å². The molecule has 1 amide bonds. The van der Waals surface area contributed by atoms with Gasteiger partial charge in [-0.3, -0.25) is 4.79 Å². The molecule has 3 N–H and O–H groups in total. The van der Waals surface area contributed by atoms with E-state index in [-0.39, 0.29) is 11.8 Å². The van der Waals surface area contributed by atoms with Gasteiger partial charge < -0.3 is 20.5 Å². The molecule has 18 heavy (non-hydrogen) atoms. The fourth-order valence-corrected chi connectivity index (χ4v) is 1.54. The van der Waals surface area contributed by atoms with Crippen LogP contribution in [0.2, 0.25) is 0 Å². The summed E-state index contributed by atoms with van der Waals surface area (Å²) < 4.78 is 5.10. The maximum absolute atomic E-state index is 11.8. The number of aliphatic carboxylic acids is 1. The molecule has 1 heterocycles. The van der Waals surface area contributed by atoms with Crippen LogP contribution in [0.1, 0.15) is 0 Å². The van der Waals surface area contributed by atoms with Gasteiger partial charge >= 0.3 is 5.97 Å². The van der Waals surface area contributed by atoms with Gasteiger partial charge in [0.1, 0.15) is 5.75 Å². The lowest BCUT2D eigenvalue weighted by Crippen LogP contribution is -2.48. The predicted molar refractivity (Wildman–Crippen MR) is 64.6 cm³/mol. The molecule has 1 aromatic carbocycles. The van der Waals surface area contributed by atoms with Crippen molar-refractivity contribution in [3.63, 3.8) is 0 Å². The first kappa shape index (κ1) is 12.4. The minimum Gasteiger partial charge on any atom is -0.480 e. The van der Waals surface area contributed by atoms with E-state index in [0.29, 0.717) is 24.5 Å². The normalized spacial score (nSPS) is 14.7. The zero-order chi connectivity index (χ0) is 13.0. The fraction of sp³-hybridized carbons (Fsp3) is 0.333. The third kappa shape index (κ3) is 2.98. The van der Waals surface area contributed by atoms with Gasteiger partial charge in [-0.25, -0.2) is 4.79 Å². The van der Waals surface area contributed by atoms with Gasteiger partial charge in [-0.05, 0) is 12.1 Å². The van der Waals surface area contributed by atoms with Crippen molar-refractivity contribution in [2.75, 3.05) is 25.0 Å². The molecule has 1 aliphatic heterocycles. The summed E-state index contributed by atoms with van der Waals surface area (Å²) >= 11 is 0. The minimum absolute atomic E-state index is 0.0301. The molecule has 0 aromatic heterocycles. The van der Waals surface area contributed by atoms with E-state index in [9.17, 15) is 9.59 Å². The summed E-state index contributed by atoms with van der Waals surface area (Å²) in [6, 6.07) is 6.78. The van der Waals surface area contributed by atoms with Crippen molar-refractivity contribution in [3.05, 3.63) is 24.3 Å². The molecule has 2 rings (SSSR count). The molecule has 0 spiro atoms. The second kappa shape index (κ2) is 5.50. The Morgan fingerprint density at radius 3 is 2.72 bits per heavy atom. The highest BCUT2D eigenvalue weighted by atomic mass is 16.5. The van der Waals surface area contributed by atoms with Crippen LogP contribution in [0.3, 0.4) is 0 Å². The molecule has 96 valence electrons. The van der Waals surface area contributed by atoms with Crippen LogP contribution in [0.5, 0.6) is 5.75 Å². The van der Waals surface area contributed by atoms with Gasteiger partial charge in [0.05, 0.1) is 11.6 Å². The standard InChI is InChI=1S/C12H14N2O4/c15-11(16)7-18-10-4-2-1-3-9(10)14-12(17)8-5-13-6-8/h1-4,8,13H,5-7H2,(H,14,17)(H,15,16). The summed E-state index contributed by atoms with van der Waals surface area (Å²) in [5.74, 6) is -0.808. The maximum atomic E-state index is 11.8. The molecule has 0 unspecified atom stereocenters. The molecule has 1 fully saturated rings. The Bertz CT molecular complexity index is 457. The number of anilines is 1. The number of amides is 1. The first-order valence-corrected chi connectivity index (χ1v) is 5.62. The van der Waals surface area contributed by atoms with Crippen molar-refractivity contribution in [3.8, 4) is 5.75 Å². The molecule has 6 nitrogen and oxygen atoms in total. The monoisotopic (exact) mass is 250 g/mol. The number of benzene rings is 1. The Kier molecular flexibility index (Phi) is 3.78. The number of carboxylic acids is 1.